The van der Waals surface area contributed by atoms with Gasteiger partial charge in [0.2, 0.25) is 11.9 Å². The molecule has 122 valence electrons. The predicted molar refractivity (Wildman–Crippen MR) is 88.5 cm³/mol. The van der Waals surface area contributed by atoms with Crippen LogP contribution in [0.4, 0.5) is 5.95 Å². The highest BCUT2D eigenvalue weighted by atomic mass is 32.1. The summed E-state index contributed by atoms with van der Waals surface area (Å²) in [5.41, 5.74) is 0.689. The van der Waals surface area contributed by atoms with E-state index in [4.69, 9.17) is 0 Å². The summed E-state index contributed by atoms with van der Waals surface area (Å²) in [5, 5.41) is 13.5. The van der Waals surface area contributed by atoms with E-state index in [2.05, 4.69) is 30.5 Å². The van der Waals surface area contributed by atoms with Crippen LogP contribution in [0.1, 0.15) is 30.4 Å². The first kappa shape index (κ1) is 14.9. The highest BCUT2D eigenvalue weighted by Crippen LogP contribution is 2.37. The van der Waals surface area contributed by atoms with Gasteiger partial charge in [-0.05, 0) is 25.8 Å². The monoisotopic (exact) mass is 341 g/mol. The van der Waals surface area contributed by atoms with Gasteiger partial charge in [0.25, 0.3) is 0 Å². The van der Waals surface area contributed by atoms with Crippen molar-refractivity contribution in [2.45, 2.75) is 32.2 Å². The quantitative estimate of drug-likeness (QED) is 0.762. The van der Waals surface area contributed by atoms with Gasteiger partial charge < -0.3 is 0 Å². The molecule has 0 spiro atoms. The maximum absolute atomic E-state index is 12.3. The molecular formula is C15H15N7OS. The molecule has 0 atom stereocenters. The maximum Gasteiger partial charge on any atom is 0.232 e. The Labute approximate surface area is 142 Å². The lowest BCUT2D eigenvalue weighted by Crippen LogP contribution is -2.18. The van der Waals surface area contributed by atoms with Crippen molar-refractivity contribution >= 4 is 23.2 Å². The Hall–Kier alpha value is -2.68. The fraction of sp³-hybridized carbons (Fsp3) is 0.333. The molecule has 0 aliphatic heterocycles. The third kappa shape index (κ3) is 3.02. The van der Waals surface area contributed by atoms with Gasteiger partial charge in [0.05, 0.1) is 12.1 Å². The Kier molecular flexibility index (Phi) is 3.77. The van der Waals surface area contributed by atoms with E-state index in [-0.39, 0.29) is 12.3 Å². The molecule has 1 saturated carbocycles. The lowest BCUT2D eigenvalue weighted by molar-refractivity contribution is -0.115. The fourth-order valence-electron chi connectivity index (χ4n) is 2.46. The minimum absolute atomic E-state index is 0.157. The van der Waals surface area contributed by atoms with E-state index < -0.39 is 0 Å². The number of hydrogen-bond acceptors (Lipinski definition) is 7. The molecule has 0 bridgehead atoms. The predicted octanol–water partition coefficient (Wildman–Crippen LogP) is 2.02. The zero-order valence-corrected chi connectivity index (χ0v) is 13.8. The average Bonchev–Trinajstić information content (AvgIpc) is 3.20. The van der Waals surface area contributed by atoms with Gasteiger partial charge in [-0.25, -0.2) is 15.0 Å². The number of amides is 1. The van der Waals surface area contributed by atoms with Crippen molar-refractivity contribution < 1.29 is 4.79 Å². The Morgan fingerprint density at radius 2 is 2.12 bits per heavy atom. The van der Waals surface area contributed by atoms with Crippen LogP contribution in [0, 0.1) is 6.92 Å². The van der Waals surface area contributed by atoms with Crippen molar-refractivity contribution in [3.8, 4) is 10.8 Å². The number of hydrogen-bond donors (Lipinski definition) is 1. The fourth-order valence-corrected chi connectivity index (χ4v) is 3.22. The summed E-state index contributed by atoms with van der Waals surface area (Å²) in [5.74, 6) is 1.75. The van der Waals surface area contributed by atoms with Crippen LogP contribution in [0.15, 0.2) is 23.8 Å². The molecule has 9 heteroatoms. The van der Waals surface area contributed by atoms with Gasteiger partial charge in [0.15, 0.2) is 10.8 Å². The topological polar surface area (TPSA) is 98.5 Å². The first-order valence-corrected chi connectivity index (χ1v) is 8.52. The van der Waals surface area contributed by atoms with E-state index in [1.54, 1.807) is 18.5 Å². The minimum atomic E-state index is -0.157. The Bertz CT molecular complexity index is 869. The highest BCUT2D eigenvalue weighted by molar-refractivity contribution is 7.13. The van der Waals surface area contributed by atoms with Crippen molar-refractivity contribution in [2.24, 2.45) is 0 Å². The third-order valence-electron chi connectivity index (χ3n) is 3.68. The van der Waals surface area contributed by atoms with Gasteiger partial charge in [-0.3, -0.25) is 14.7 Å². The van der Waals surface area contributed by atoms with E-state index in [0.717, 1.165) is 18.7 Å². The highest BCUT2D eigenvalue weighted by Gasteiger charge is 2.28. The van der Waals surface area contributed by atoms with Crippen molar-refractivity contribution in [3.05, 3.63) is 35.4 Å². The summed E-state index contributed by atoms with van der Waals surface area (Å²) in [6.07, 6.45) is 5.73. The molecule has 3 aromatic rings. The number of rotatable bonds is 5. The minimum Gasteiger partial charge on any atom is -0.294 e. The van der Waals surface area contributed by atoms with Gasteiger partial charge in [0, 0.05) is 23.8 Å². The molecule has 3 aromatic heterocycles. The van der Waals surface area contributed by atoms with Gasteiger partial charge >= 0.3 is 0 Å². The van der Waals surface area contributed by atoms with Crippen LogP contribution in [0.25, 0.3) is 10.8 Å². The molecule has 1 amide bonds. The molecule has 1 fully saturated rings. The summed E-state index contributed by atoms with van der Waals surface area (Å²) >= 11 is 1.42. The second-order valence-corrected chi connectivity index (χ2v) is 6.47. The number of carbonyl (C=O) groups excluding carboxylic acids is 1. The lowest BCUT2D eigenvalue weighted by atomic mass is 10.3. The molecule has 1 N–H and O–H groups in total. The molecule has 0 radical (unpaired) electrons. The van der Waals surface area contributed by atoms with Crippen LogP contribution >= 0.6 is 11.3 Å². The number of nitrogens with zero attached hydrogens (tertiary/aromatic N) is 6. The van der Waals surface area contributed by atoms with E-state index >= 15 is 0 Å². The van der Waals surface area contributed by atoms with Crippen molar-refractivity contribution in [2.75, 3.05) is 5.32 Å². The van der Waals surface area contributed by atoms with Crippen LogP contribution in [-0.2, 0) is 11.2 Å². The van der Waals surface area contributed by atoms with Gasteiger partial charge in [-0.2, -0.15) is 0 Å². The summed E-state index contributed by atoms with van der Waals surface area (Å²) < 4.78 is 1.99. The second kappa shape index (κ2) is 6.08. The Morgan fingerprint density at radius 1 is 1.33 bits per heavy atom. The van der Waals surface area contributed by atoms with Crippen LogP contribution in [0.2, 0.25) is 0 Å². The smallest absolute Gasteiger partial charge is 0.232 e. The summed E-state index contributed by atoms with van der Waals surface area (Å²) in [4.78, 5) is 25.0. The number of anilines is 1. The molecule has 8 nitrogen and oxygen atoms in total. The first-order valence-electron chi connectivity index (χ1n) is 7.64. The summed E-state index contributed by atoms with van der Waals surface area (Å²) in [7, 11) is 0. The van der Waals surface area contributed by atoms with E-state index in [1.807, 2.05) is 16.9 Å². The number of nitrogens with one attached hydrogen (secondary N) is 1. The molecule has 0 aromatic carbocycles. The second-order valence-electron chi connectivity index (χ2n) is 5.61. The molecule has 0 saturated heterocycles. The molecule has 1 aliphatic carbocycles. The molecule has 4 rings (SSSR count). The maximum atomic E-state index is 12.3. The SMILES string of the molecule is Cc1nnc(NC(=O)Cc2csc(-c3ncccn3)n2)n1C1CC1. The van der Waals surface area contributed by atoms with Gasteiger partial charge in [-0.15, -0.1) is 21.5 Å². The summed E-state index contributed by atoms with van der Waals surface area (Å²) in [6.45, 7) is 1.90. The standard InChI is InChI=1S/C15H15N7OS/c1-9-20-21-15(22(9)11-3-4-11)19-12(23)7-10-8-24-14(18-10)13-16-5-2-6-17-13/h2,5-6,8,11H,3-4,7H2,1H3,(H,19,21,23). The first-order chi connectivity index (χ1) is 11.7. The molecule has 24 heavy (non-hydrogen) atoms. The lowest BCUT2D eigenvalue weighted by Gasteiger charge is -2.07. The molecule has 1 aliphatic rings. The summed E-state index contributed by atoms with van der Waals surface area (Å²) in [6, 6.07) is 2.17. The molecule has 3 heterocycles. The van der Waals surface area contributed by atoms with Crippen LogP contribution in [0.5, 0.6) is 0 Å². The van der Waals surface area contributed by atoms with E-state index in [1.165, 1.54) is 11.3 Å². The van der Waals surface area contributed by atoms with E-state index in [0.29, 0.717) is 28.5 Å². The number of thiazole rings is 1. The van der Waals surface area contributed by atoms with E-state index in [9.17, 15) is 4.79 Å². The van der Waals surface area contributed by atoms with Crippen LogP contribution in [-0.4, -0.2) is 35.6 Å². The normalized spacial score (nSPS) is 13.9. The van der Waals surface area contributed by atoms with Crippen molar-refractivity contribution in [1.29, 1.82) is 0 Å². The number of aryl methyl sites for hydroxylation is 1. The van der Waals surface area contributed by atoms with Crippen molar-refractivity contribution in [1.82, 2.24) is 29.7 Å². The largest absolute Gasteiger partial charge is 0.294 e. The Morgan fingerprint density at radius 3 is 2.88 bits per heavy atom. The van der Waals surface area contributed by atoms with Crippen LogP contribution in [0.3, 0.4) is 0 Å². The van der Waals surface area contributed by atoms with Gasteiger partial charge in [-0.1, -0.05) is 0 Å². The Balaban J connectivity index is 1.44. The third-order valence-corrected chi connectivity index (χ3v) is 4.57. The number of aromatic nitrogens is 6. The van der Waals surface area contributed by atoms with Crippen LogP contribution < -0.4 is 5.32 Å². The molecule has 0 unspecified atom stereocenters. The van der Waals surface area contributed by atoms with Crippen molar-refractivity contribution in [3.63, 3.8) is 0 Å². The zero-order chi connectivity index (χ0) is 16.5. The molecular weight excluding hydrogens is 326 g/mol. The zero-order valence-electron chi connectivity index (χ0n) is 13.0. The average molecular weight is 341 g/mol. The number of carbonyl (C=O) groups is 1. The van der Waals surface area contributed by atoms with Gasteiger partial charge in [0.1, 0.15) is 5.82 Å².